The predicted octanol–water partition coefficient (Wildman–Crippen LogP) is -4.50. The molecule has 24 nitrogen and oxygen atoms in total. The van der Waals surface area contributed by atoms with Gasteiger partial charge in [0, 0.05) is 19.6 Å². The molecule has 9 amide bonds. The van der Waals surface area contributed by atoms with E-state index in [1.807, 2.05) is 0 Å². The number of aliphatic carboxylic acids is 1. The minimum absolute atomic E-state index is 0.0670. The summed E-state index contributed by atoms with van der Waals surface area (Å²) >= 11 is 0. The van der Waals surface area contributed by atoms with Crippen molar-refractivity contribution in [3.63, 3.8) is 0 Å². The van der Waals surface area contributed by atoms with Crippen molar-refractivity contribution in [2.45, 2.75) is 166 Å². The normalized spacial score (nSPS) is 21.9. The van der Waals surface area contributed by atoms with Gasteiger partial charge in [0.05, 0.1) is 18.8 Å². The zero-order valence-electron chi connectivity index (χ0n) is 38.7. The molecular weight excluding hydrogens is 867 g/mol. The number of unbranched alkanes of at least 4 members (excludes halogenated alkanes) is 1. The smallest absolute Gasteiger partial charge is 0.326 e. The number of likely N-dealkylation sites (tertiary alicyclic amines) is 3. The maximum atomic E-state index is 14.1. The number of aliphatic hydroxyl groups is 2. The van der Waals surface area contributed by atoms with Gasteiger partial charge >= 0.3 is 5.97 Å². The summed E-state index contributed by atoms with van der Waals surface area (Å²) < 4.78 is 0. The highest BCUT2D eigenvalue weighted by Gasteiger charge is 2.45. The summed E-state index contributed by atoms with van der Waals surface area (Å²) in [5.74, 6) is -7.93. The number of aliphatic hydroxyl groups excluding tert-OH is 2. The number of nitrogens with zero attached hydrogens (tertiary/aromatic N) is 3. The second-order valence-electron chi connectivity index (χ2n) is 17.7. The molecule has 3 fully saturated rings. The number of carbonyl (C=O) groups excluding carboxylic acids is 9. The Labute approximate surface area is 384 Å². The first kappa shape index (κ1) is 54.9. The van der Waals surface area contributed by atoms with E-state index in [4.69, 9.17) is 11.5 Å². The van der Waals surface area contributed by atoms with Gasteiger partial charge in [0.1, 0.15) is 54.4 Å². The Morgan fingerprint density at radius 1 is 0.591 bits per heavy atom. The van der Waals surface area contributed by atoms with E-state index in [1.165, 1.54) is 42.4 Å². The molecule has 0 aromatic carbocycles. The highest BCUT2D eigenvalue weighted by Crippen LogP contribution is 2.26. The van der Waals surface area contributed by atoms with Crippen LogP contribution in [0.15, 0.2) is 0 Å². The molecule has 3 aliphatic heterocycles. The van der Waals surface area contributed by atoms with Crippen LogP contribution in [0.25, 0.3) is 0 Å². The first-order valence-electron chi connectivity index (χ1n) is 22.8. The summed E-state index contributed by atoms with van der Waals surface area (Å²) in [5, 5.41) is 44.9. The van der Waals surface area contributed by atoms with Crippen molar-refractivity contribution in [3.8, 4) is 0 Å². The van der Waals surface area contributed by atoms with Gasteiger partial charge in [-0.1, -0.05) is 13.8 Å². The second-order valence-corrected chi connectivity index (χ2v) is 17.7. The van der Waals surface area contributed by atoms with Crippen LogP contribution in [0.3, 0.4) is 0 Å². The molecule has 0 aromatic heterocycles. The van der Waals surface area contributed by atoms with Gasteiger partial charge in [-0.15, -0.1) is 0 Å². The number of amides is 9. The fourth-order valence-electron chi connectivity index (χ4n) is 8.22. The van der Waals surface area contributed by atoms with Gasteiger partial charge in [0.2, 0.25) is 53.2 Å². The van der Waals surface area contributed by atoms with E-state index < -0.39 is 132 Å². The van der Waals surface area contributed by atoms with Crippen LogP contribution in [0.4, 0.5) is 0 Å². The lowest BCUT2D eigenvalue weighted by atomic mass is 10.0. The van der Waals surface area contributed by atoms with Crippen LogP contribution in [-0.2, 0) is 47.9 Å². The number of carbonyl (C=O) groups is 10. The fraction of sp³-hybridized carbons (Fsp3) is 0.762. The Bertz CT molecular complexity index is 1780. The standard InChI is InChI=1S/C42H71N11O13/c1-21(2)31(49-33(56)22(3)44)38(61)46-24(5)39(62)53-19-11-15-30(53)40(63)51-17-9-14-29(51)37(60)50-32(25(6)55)41(64)52-18-10-13-28(52)36(59)45-23(4)34(57)48-27(20-54)35(58)47-26(42(65)66)12-7-8-16-43/h21-32,54-55H,7-20,43-44H2,1-6H3,(H,45,59)(H,46,61)(H,47,58)(H,48,57)(H,49,56)(H,50,60)(H,65,66)/t22-,23-,24-,25+,26-,27-,28-,29-,30-,31-,32-/m0/s1. The molecular formula is C42H71N11O13. The highest BCUT2D eigenvalue weighted by molar-refractivity contribution is 5.99. The molecule has 13 N–H and O–H groups in total. The quantitative estimate of drug-likeness (QED) is 0.0430. The lowest BCUT2D eigenvalue weighted by Crippen LogP contribution is -2.61. The van der Waals surface area contributed by atoms with E-state index in [-0.39, 0.29) is 44.8 Å². The van der Waals surface area contributed by atoms with Crippen molar-refractivity contribution in [1.29, 1.82) is 0 Å². The third-order valence-corrected chi connectivity index (χ3v) is 12.1. The van der Waals surface area contributed by atoms with Gasteiger partial charge in [-0.3, -0.25) is 43.2 Å². The van der Waals surface area contributed by atoms with Crippen LogP contribution < -0.4 is 43.4 Å². The zero-order valence-corrected chi connectivity index (χ0v) is 38.7. The fourth-order valence-corrected chi connectivity index (χ4v) is 8.22. The van der Waals surface area contributed by atoms with Gasteiger partial charge in [-0.2, -0.15) is 0 Å². The molecule has 0 bridgehead atoms. The van der Waals surface area contributed by atoms with Crippen molar-refractivity contribution in [2.75, 3.05) is 32.8 Å². The Morgan fingerprint density at radius 3 is 1.65 bits per heavy atom. The zero-order chi connectivity index (χ0) is 49.6. The third kappa shape index (κ3) is 14.5. The Morgan fingerprint density at radius 2 is 1.12 bits per heavy atom. The molecule has 0 aliphatic carbocycles. The minimum atomic E-state index is -1.55. The summed E-state index contributed by atoms with van der Waals surface area (Å²) in [6, 6.07) is -11.7. The van der Waals surface area contributed by atoms with E-state index in [9.17, 15) is 63.3 Å². The molecule has 11 atom stereocenters. The van der Waals surface area contributed by atoms with Gasteiger partial charge in [-0.05, 0) is 97.9 Å². The summed E-state index contributed by atoms with van der Waals surface area (Å²) in [7, 11) is 0. The molecule has 3 saturated heterocycles. The first-order valence-corrected chi connectivity index (χ1v) is 22.8. The number of rotatable bonds is 23. The van der Waals surface area contributed by atoms with E-state index >= 15 is 0 Å². The molecule has 0 saturated carbocycles. The van der Waals surface area contributed by atoms with Crippen molar-refractivity contribution in [2.24, 2.45) is 17.4 Å². The highest BCUT2D eigenvalue weighted by atomic mass is 16.4. The van der Waals surface area contributed by atoms with Gasteiger partial charge in [-0.25, -0.2) is 4.79 Å². The van der Waals surface area contributed by atoms with E-state index in [0.29, 0.717) is 45.1 Å². The maximum Gasteiger partial charge on any atom is 0.326 e. The molecule has 372 valence electrons. The first-order chi connectivity index (χ1) is 31.0. The number of carboxylic acids is 1. The second kappa shape index (κ2) is 25.4. The van der Waals surface area contributed by atoms with Gasteiger partial charge < -0.3 is 73.4 Å². The van der Waals surface area contributed by atoms with Crippen LogP contribution >= 0.6 is 0 Å². The molecule has 0 aromatic rings. The molecule has 66 heavy (non-hydrogen) atoms. The molecule has 0 unspecified atom stereocenters. The minimum Gasteiger partial charge on any atom is -0.480 e. The molecule has 3 heterocycles. The third-order valence-electron chi connectivity index (χ3n) is 12.1. The van der Waals surface area contributed by atoms with E-state index in [2.05, 4.69) is 31.9 Å². The van der Waals surface area contributed by atoms with Crippen LogP contribution in [0.5, 0.6) is 0 Å². The van der Waals surface area contributed by atoms with E-state index in [0.717, 1.165) is 0 Å². The van der Waals surface area contributed by atoms with E-state index in [1.54, 1.807) is 13.8 Å². The molecule has 0 spiro atoms. The average molecular weight is 938 g/mol. The Hall–Kier alpha value is -5.46. The SMILES string of the molecule is CC(C)[C@H](NC(=O)[C@H](C)N)C(=O)N[C@@H](C)C(=O)N1CCC[C@H]1C(=O)N1CCC[C@H]1C(=O)N[C@H](C(=O)N1CCC[C@H]1C(=O)N[C@@H](C)C(=O)N[C@@H](CO)C(=O)N[C@@H](CCCCN)C(=O)O)[C@@H](C)O. The number of hydrogen-bond acceptors (Lipinski definition) is 14. The number of nitrogens with one attached hydrogen (secondary N) is 6. The maximum absolute atomic E-state index is 14.1. The van der Waals surface area contributed by atoms with Crippen LogP contribution in [-0.4, -0.2) is 188 Å². The van der Waals surface area contributed by atoms with Crippen molar-refractivity contribution < 1.29 is 63.3 Å². The predicted molar refractivity (Wildman–Crippen MR) is 235 cm³/mol. The summed E-state index contributed by atoms with van der Waals surface area (Å²) in [6.45, 7) is 8.88. The summed E-state index contributed by atoms with van der Waals surface area (Å²) in [6.07, 6.45) is 1.50. The van der Waals surface area contributed by atoms with Gasteiger partial charge in [0.25, 0.3) is 0 Å². The average Bonchev–Trinajstić information content (AvgIpc) is 4.07. The molecule has 0 radical (unpaired) electrons. The van der Waals surface area contributed by atoms with Crippen LogP contribution in [0.2, 0.25) is 0 Å². The van der Waals surface area contributed by atoms with Crippen LogP contribution in [0, 0.1) is 5.92 Å². The van der Waals surface area contributed by atoms with Crippen molar-refractivity contribution in [3.05, 3.63) is 0 Å². The monoisotopic (exact) mass is 938 g/mol. The lowest BCUT2D eigenvalue weighted by Gasteiger charge is -2.34. The Balaban J connectivity index is 1.64. The van der Waals surface area contributed by atoms with Crippen molar-refractivity contribution >= 4 is 59.1 Å². The number of carboxylic acid groups (broad SMARTS) is 1. The number of nitrogens with two attached hydrogens (primary N) is 2. The van der Waals surface area contributed by atoms with Gasteiger partial charge in [0.15, 0.2) is 0 Å². The largest absolute Gasteiger partial charge is 0.480 e. The van der Waals surface area contributed by atoms with Crippen molar-refractivity contribution in [1.82, 2.24) is 46.6 Å². The number of hydrogen-bond donors (Lipinski definition) is 11. The summed E-state index contributed by atoms with van der Waals surface area (Å²) in [4.78, 5) is 136. The Kier molecular flexibility index (Phi) is 21.2. The molecule has 24 heteroatoms. The van der Waals surface area contributed by atoms with Crippen LogP contribution in [0.1, 0.15) is 99.3 Å². The lowest BCUT2D eigenvalue weighted by molar-refractivity contribution is -0.149. The summed E-state index contributed by atoms with van der Waals surface area (Å²) in [5.41, 5.74) is 11.1. The molecule has 3 aliphatic rings. The molecule has 3 rings (SSSR count). The topological polar surface area (TPSA) is 365 Å².